The summed E-state index contributed by atoms with van der Waals surface area (Å²) < 4.78 is 11.4. The topological polar surface area (TPSA) is 100 Å². The van der Waals surface area contributed by atoms with Gasteiger partial charge in [0.1, 0.15) is 34.8 Å². The number of carbonyl (C=O) groups is 2. The van der Waals surface area contributed by atoms with E-state index in [0.717, 1.165) is 4.90 Å². The predicted molar refractivity (Wildman–Crippen MR) is 119 cm³/mol. The molecule has 164 valence electrons. The lowest BCUT2D eigenvalue weighted by molar-refractivity contribution is -0.132. The number of hydrogen-bond acceptors (Lipinski definition) is 6. The first-order chi connectivity index (χ1) is 15.3. The average molecular weight is 433 g/mol. The summed E-state index contributed by atoms with van der Waals surface area (Å²) >= 11 is 0. The fraction of sp³-hybridized carbons (Fsp3) is 0.200. The molecule has 0 aliphatic carbocycles. The lowest BCUT2D eigenvalue weighted by Gasteiger charge is -2.24. The largest absolute Gasteiger partial charge is 0.507 e. The highest BCUT2D eigenvalue weighted by molar-refractivity contribution is 6.51. The number of ketones is 1. The Morgan fingerprint density at radius 2 is 1.81 bits per heavy atom. The second kappa shape index (κ2) is 8.26. The number of Topliss-reactive ketones (excluding diaryl/α,β-unsaturated/α-hetero) is 1. The van der Waals surface area contributed by atoms with Crippen molar-refractivity contribution in [2.45, 2.75) is 32.9 Å². The summed E-state index contributed by atoms with van der Waals surface area (Å²) in [6.07, 6.45) is -0.0786. The van der Waals surface area contributed by atoms with E-state index in [0.29, 0.717) is 22.8 Å². The van der Waals surface area contributed by atoms with Gasteiger partial charge in [0.2, 0.25) is 0 Å². The highest BCUT2D eigenvalue weighted by Gasteiger charge is 2.49. The van der Waals surface area contributed by atoms with Gasteiger partial charge in [-0.25, -0.2) is 0 Å². The quantitative estimate of drug-likeness (QED) is 0.343. The maximum absolute atomic E-state index is 13.1. The zero-order valence-corrected chi connectivity index (χ0v) is 17.9. The van der Waals surface area contributed by atoms with Gasteiger partial charge in [0.15, 0.2) is 0 Å². The van der Waals surface area contributed by atoms with E-state index in [-0.39, 0.29) is 28.9 Å². The maximum Gasteiger partial charge on any atom is 0.300 e. The molecular formula is C25H23NO6. The normalized spacial score (nSPS) is 17.9. The number of aryl methyl sites for hydroxylation is 1. The summed E-state index contributed by atoms with van der Waals surface area (Å²) in [4.78, 5) is 27.3. The van der Waals surface area contributed by atoms with Crippen LogP contribution in [0.5, 0.6) is 11.5 Å². The van der Waals surface area contributed by atoms with Crippen molar-refractivity contribution in [2.24, 2.45) is 0 Å². The van der Waals surface area contributed by atoms with Crippen LogP contribution in [0.1, 0.15) is 37.0 Å². The fourth-order valence-electron chi connectivity index (χ4n) is 3.76. The van der Waals surface area contributed by atoms with Crippen molar-refractivity contribution in [3.63, 3.8) is 0 Å². The van der Waals surface area contributed by atoms with E-state index in [1.54, 1.807) is 55.5 Å². The van der Waals surface area contributed by atoms with Crippen LogP contribution < -0.4 is 9.64 Å². The molecule has 4 rings (SSSR count). The number of para-hydroxylation sites is 2. The van der Waals surface area contributed by atoms with Crippen LogP contribution in [0.4, 0.5) is 5.69 Å². The molecule has 7 nitrogen and oxygen atoms in total. The van der Waals surface area contributed by atoms with Crippen molar-refractivity contribution in [1.29, 1.82) is 0 Å². The molecule has 1 atom stereocenters. The number of phenolic OH excluding ortho intramolecular Hbond substituents is 1. The van der Waals surface area contributed by atoms with Gasteiger partial charge >= 0.3 is 0 Å². The molecule has 0 saturated carbocycles. The molecular weight excluding hydrogens is 410 g/mol. The first kappa shape index (κ1) is 21.2. The summed E-state index contributed by atoms with van der Waals surface area (Å²) in [5.74, 6) is -0.883. The molecule has 1 aliphatic rings. The Kier molecular flexibility index (Phi) is 5.48. The van der Waals surface area contributed by atoms with E-state index in [2.05, 4.69) is 0 Å². The zero-order valence-electron chi connectivity index (χ0n) is 17.9. The van der Waals surface area contributed by atoms with Crippen molar-refractivity contribution < 1.29 is 29.0 Å². The minimum atomic E-state index is -1.05. The first-order valence-electron chi connectivity index (χ1n) is 10.2. The highest BCUT2D eigenvalue weighted by Crippen LogP contribution is 2.45. The molecule has 0 radical (unpaired) electrons. The standard InChI is InChI=1S/C25H23NO6/c1-14(2)31-17-8-6-7-16(13-17)23(28)21-22(20-12-11-15(3)32-20)26(25(30)24(21)29)18-9-4-5-10-19(18)27/h4-14,22,27-28H,1-3H3/b23-21-. The molecule has 2 heterocycles. The number of amides is 1. The number of furan rings is 1. The SMILES string of the molecule is Cc1ccc(C2/C(=C(/O)c3cccc(OC(C)C)c3)C(=O)C(=O)N2c2ccccc2O)o1. The Bertz CT molecular complexity index is 1220. The molecule has 2 aromatic carbocycles. The van der Waals surface area contributed by atoms with Gasteiger partial charge in [-0.1, -0.05) is 24.3 Å². The number of carbonyl (C=O) groups excluding carboxylic acids is 2. The lowest BCUT2D eigenvalue weighted by Crippen LogP contribution is -2.29. The molecule has 1 aromatic heterocycles. The number of phenols is 1. The van der Waals surface area contributed by atoms with Crippen LogP contribution in [-0.4, -0.2) is 28.0 Å². The third-order valence-electron chi connectivity index (χ3n) is 5.10. The molecule has 1 aliphatic heterocycles. The molecule has 2 N–H and O–H groups in total. The van der Waals surface area contributed by atoms with Crippen LogP contribution in [0.3, 0.4) is 0 Å². The van der Waals surface area contributed by atoms with E-state index < -0.39 is 17.7 Å². The summed E-state index contributed by atoms with van der Waals surface area (Å²) in [6.45, 7) is 5.50. The Morgan fingerprint density at radius 1 is 1.06 bits per heavy atom. The Balaban J connectivity index is 1.91. The average Bonchev–Trinajstić information content (AvgIpc) is 3.29. The van der Waals surface area contributed by atoms with E-state index in [1.807, 2.05) is 13.8 Å². The van der Waals surface area contributed by atoms with Crippen molar-refractivity contribution in [3.8, 4) is 11.5 Å². The van der Waals surface area contributed by atoms with Gasteiger partial charge in [0.05, 0.1) is 17.4 Å². The summed E-state index contributed by atoms with van der Waals surface area (Å²) in [6, 6.07) is 15.2. The predicted octanol–water partition coefficient (Wildman–Crippen LogP) is 4.71. The molecule has 7 heteroatoms. The van der Waals surface area contributed by atoms with Crippen molar-refractivity contribution in [2.75, 3.05) is 4.90 Å². The molecule has 1 unspecified atom stereocenters. The number of aromatic hydroxyl groups is 1. The monoisotopic (exact) mass is 433 g/mol. The van der Waals surface area contributed by atoms with Gasteiger partial charge in [-0.15, -0.1) is 0 Å². The minimum absolute atomic E-state index is 0.0786. The van der Waals surface area contributed by atoms with E-state index in [1.165, 1.54) is 12.1 Å². The number of aliphatic hydroxyl groups is 1. The first-order valence-corrected chi connectivity index (χ1v) is 10.2. The van der Waals surface area contributed by atoms with E-state index in [9.17, 15) is 19.8 Å². The van der Waals surface area contributed by atoms with Crippen LogP contribution >= 0.6 is 0 Å². The van der Waals surface area contributed by atoms with Gasteiger partial charge in [0.25, 0.3) is 11.7 Å². The molecule has 3 aromatic rings. The number of benzene rings is 2. The van der Waals surface area contributed by atoms with Crippen LogP contribution in [0.25, 0.3) is 5.76 Å². The number of nitrogens with zero attached hydrogens (tertiary/aromatic N) is 1. The highest BCUT2D eigenvalue weighted by atomic mass is 16.5. The third-order valence-corrected chi connectivity index (χ3v) is 5.10. The fourth-order valence-corrected chi connectivity index (χ4v) is 3.76. The van der Waals surface area contributed by atoms with Gasteiger partial charge in [-0.05, 0) is 57.2 Å². The molecule has 1 saturated heterocycles. The number of rotatable bonds is 5. The second-order valence-corrected chi connectivity index (χ2v) is 7.80. The van der Waals surface area contributed by atoms with Crippen LogP contribution in [0, 0.1) is 6.92 Å². The second-order valence-electron chi connectivity index (χ2n) is 7.80. The van der Waals surface area contributed by atoms with Gasteiger partial charge in [-0.3, -0.25) is 14.5 Å². The Hall–Kier alpha value is -4.00. The molecule has 0 spiro atoms. The minimum Gasteiger partial charge on any atom is -0.507 e. The van der Waals surface area contributed by atoms with Crippen LogP contribution in [-0.2, 0) is 9.59 Å². The smallest absolute Gasteiger partial charge is 0.300 e. The van der Waals surface area contributed by atoms with Gasteiger partial charge < -0.3 is 19.4 Å². The molecule has 0 bridgehead atoms. The third kappa shape index (κ3) is 3.73. The van der Waals surface area contributed by atoms with Crippen molar-refractivity contribution >= 4 is 23.1 Å². The van der Waals surface area contributed by atoms with Gasteiger partial charge in [0, 0.05) is 5.56 Å². The number of aliphatic hydroxyl groups excluding tert-OH is 1. The van der Waals surface area contributed by atoms with Crippen molar-refractivity contribution in [3.05, 3.63) is 83.3 Å². The summed E-state index contributed by atoms with van der Waals surface area (Å²) in [5.41, 5.74) is 0.339. The van der Waals surface area contributed by atoms with Crippen LogP contribution in [0.2, 0.25) is 0 Å². The van der Waals surface area contributed by atoms with E-state index >= 15 is 0 Å². The van der Waals surface area contributed by atoms with Gasteiger partial charge in [-0.2, -0.15) is 0 Å². The van der Waals surface area contributed by atoms with Crippen molar-refractivity contribution in [1.82, 2.24) is 0 Å². The lowest BCUT2D eigenvalue weighted by atomic mass is 9.99. The summed E-state index contributed by atoms with van der Waals surface area (Å²) in [7, 11) is 0. The molecule has 1 fully saturated rings. The van der Waals surface area contributed by atoms with E-state index in [4.69, 9.17) is 9.15 Å². The zero-order chi connectivity index (χ0) is 23.0. The summed E-state index contributed by atoms with van der Waals surface area (Å²) in [5, 5.41) is 21.5. The molecule has 32 heavy (non-hydrogen) atoms. The molecule has 1 amide bonds. The Morgan fingerprint density at radius 3 is 2.47 bits per heavy atom. The number of ether oxygens (including phenoxy) is 1. The van der Waals surface area contributed by atoms with Crippen LogP contribution in [0.15, 0.2) is 70.7 Å². The number of hydrogen-bond donors (Lipinski definition) is 2. The Labute approximate surface area is 185 Å². The maximum atomic E-state index is 13.1. The number of anilines is 1.